The van der Waals surface area contributed by atoms with Crippen molar-refractivity contribution >= 4 is 17.8 Å². The zero-order valence-electron chi connectivity index (χ0n) is 12.2. The number of rotatable bonds is 5. The molecule has 0 aromatic heterocycles. The Morgan fingerprint density at radius 2 is 1.67 bits per heavy atom. The molecule has 122 valence electrons. The van der Waals surface area contributed by atoms with E-state index in [0.717, 1.165) is 7.11 Å². The van der Waals surface area contributed by atoms with E-state index >= 15 is 0 Å². The minimum absolute atomic E-state index is 0.335. The van der Waals surface area contributed by atoms with Crippen molar-refractivity contribution in [3.63, 3.8) is 0 Å². The van der Waals surface area contributed by atoms with Gasteiger partial charge in [-0.05, 0) is 27.2 Å². The van der Waals surface area contributed by atoms with Crippen molar-refractivity contribution in [2.24, 2.45) is 0 Å². The number of hydrogen-bond donors (Lipinski definition) is 1. The predicted molar refractivity (Wildman–Crippen MR) is 65.1 cm³/mol. The molecular weight excluding hydrogens is 295 g/mol. The Hall–Kier alpha value is -1.80. The zero-order chi connectivity index (χ0) is 16.8. The SMILES string of the molecule is COC(=O)CC[C@H](NC(=O)C(F)(F)F)C(=O)OC(C)(C)C. The summed E-state index contributed by atoms with van der Waals surface area (Å²) in [4.78, 5) is 33.7. The molecular formula is C12H18F3NO5. The quantitative estimate of drug-likeness (QED) is 0.774. The predicted octanol–water partition coefficient (Wildman–Crippen LogP) is 1.33. The minimum Gasteiger partial charge on any atom is -0.469 e. The van der Waals surface area contributed by atoms with Gasteiger partial charge in [-0.15, -0.1) is 0 Å². The van der Waals surface area contributed by atoms with Gasteiger partial charge in [-0.1, -0.05) is 0 Å². The van der Waals surface area contributed by atoms with Gasteiger partial charge in [-0.25, -0.2) is 4.79 Å². The van der Waals surface area contributed by atoms with E-state index in [2.05, 4.69) is 4.74 Å². The first-order chi connectivity index (χ1) is 9.36. The van der Waals surface area contributed by atoms with Gasteiger partial charge in [0.15, 0.2) is 0 Å². The van der Waals surface area contributed by atoms with Crippen LogP contribution in [-0.4, -0.2) is 42.8 Å². The molecule has 0 unspecified atom stereocenters. The molecule has 0 rings (SSSR count). The molecule has 1 atom stereocenters. The van der Waals surface area contributed by atoms with E-state index in [1.165, 1.54) is 26.1 Å². The van der Waals surface area contributed by atoms with Gasteiger partial charge in [0.25, 0.3) is 0 Å². The number of esters is 2. The smallest absolute Gasteiger partial charge is 0.469 e. The van der Waals surface area contributed by atoms with E-state index in [1.54, 1.807) is 0 Å². The monoisotopic (exact) mass is 313 g/mol. The summed E-state index contributed by atoms with van der Waals surface area (Å²) >= 11 is 0. The van der Waals surface area contributed by atoms with Gasteiger partial charge in [-0.3, -0.25) is 9.59 Å². The van der Waals surface area contributed by atoms with Crippen molar-refractivity contribution < 1.29 is 37.0 Å². The summed E-state index contributed by atoms with van der Waals surface area (Å²) in [5.41, 5.74) is -0.941. The first kappa shape index (κ1) is 19.2. The van der Waals surface area contributed by atoms with Crippen LogP contribution in [0.1, 0.15) is 33.6 Å². The molecule has 0 heterocycles. The van der Waals surface area contributed by atoms with Crippen molar-refractivity contribution in [1.82, 2.24) is 5.32 Å². The molecule has 0 aromatic rings. The number of nitrogens with one attached hydrogen (secondary N) is 1. The summed E-state index contributed by atoms with van der Waals surface area (Å²) in [7, 11) is 1.10. The van der Waals surface area contributed by atoms with Crippen LogP contribution in [0, 0.1) is 0 Å². The van der Waals surface area contributed by atoms with E-state index in [0.29, 0.717) is 0 Å². The molecule has 1 amide bonds. The third kappa shape index (κ3) is 8.16. The number of halogens is 3. The highest BCUT2D eigenvalue weighted by molar-refractivity contribution is 5.88. The normalized spacial score (nSPS) is 13.3. The fourth-order valence-corrected chi connectivity index (χ4v) is 1.23. The van der Waals surface area contributed by atoms with E-state index in [-0.39, 0.29) is 12.8 Å². The molecule has 21 heavy (non-hydrogen) atoms. The summed E-state index contributed by atoms with van der Waals surface area (Å²) in [6.07, 6.45) is -5.83. The number of methoxy groups -OCH3 is 1. The number of ether oxygens (including phenoxy) is 2. The van der Waals surface area contributed by atoms with E-state index < -0.39 is 35.7 Å². The van der Waals surface area contributed by atoms with Crippen LogP contribution in [-0.2, 0) is 23.9 Å². The summed E-state index contributed by atoms with van der Waals surface area (Å²) in [5.74, 6) is -4.04. The van der Waals surface area contributed by atoms with Crippen LogP contribution < -0.4 is 5.32 Å². The fourth-order valence-electron chi connectivity index (χ4n) is 1.23. The molecule has 0 aromatic carbocycles. The van der Waals surface area contributed by atoms with E-state index in [4.69, 9.17) is 4.74 Å². The molecule has 0 bridgehead atoms. The van der Waals surface area contributed by atoms with Gasteiger partial charge >= 0.3 is 24.0 Å². The molecule has 0 spiro atoms. The first-order valence-electron chi connectivity index (χ1n) is 6.04. The number of amides is 1. The van der Waals surface area contributed by atoms with Crippen LogP contribution in [0.15, 0.2) is 0 Å². The van der Waals surface area contributed by atoms with Gasteiger partial charge < -0.3 is 14.8 Å². The molecule has 0 aliphatic carbocycles. The van der Waals surface area contributed by atoms with Crippen LogP contribution >= 0.6 is 0 Å². The molecule has 0 aliphatic rings. The Balaban J connectivity index is 4.88. The maximum Gasteiger partial charge on any atom is 0.471 e. The van der Waals surface area contributed by atoms with Crippen LogP contribution in [0.2, 0.25) is 0 Å². The lowest BCUT2D eigenvalue weighted by atomic mass is 10.1. The Labute approximate surface area is 120 Å². The maximum absolute atomic E-state index is 12.2. The van der Waals surface area contributed by atoms with Crippen LogP contribution in [0.5, 0.6) is 0 Å². The fraction of sp³-hybridized carbons (Fsp3) is 0.750. The molecule has 0 saturated heterocycles. The maximum atomic E-state index is 12.2. The van der Waals surface area contributed by atoms with Gasteiger partial charge in [0, 0.05) is 6.42 Å². The Morgan fingerprint density at radius 3 is 2.05 bits per heavy atom. The standard InChI is InChI=1S/C12H18F3NO5/c1-11(2,3)21-9(18)7(5-6-8(17)20-4)16-10(19)12(13,14)15/h7H,5-6H2,1-4H3,(H,16,19)/t7-/m0/s1. The highest BCUT2D eigenvalue weighted by Gasteiger charge is 2.41. The molecule has 0 radical (unpaired) electrons. The number of hydrogen-bond acceptors (Lipinski definition) is 5. The summed E-state index contributed by atoms with van der Waals surface area (Å²) in [6, 6.07) is -1.59. The molecule has 9 heteroatoms. The Bertz CT molecular complexity index is 401. The second-order valence-electron chi connectivity index (χ2n) is 5.17. The van der Waals surface area contributed by atoms with Crippen LogP contribution in [0.25, 0.3) is 0 Å². The minimum atomic E-state index is -5.13. The third-order valence-electron chi connectivity index (χ3n) is 2.12. The average molecular weight is 313 g/mol. The highest BCUT2D eigenvalue weighted by atomic mass is 19.4. The Morgan fingerprint density at radius 1 is 1.14 bits per heavy atom. The number of carbonyl (C=O) groups is 3. The van der Waals surface area contributed by atoms with Gasteiger partial charge in [0.05, 0.1) is 7.11 Å². The Kier molecular flexibility index (Phi) is 6.65. The first-order valence-corrected chi connectivity index (χ1v) is 6.04. The summed E-state index contributed by atoms with van der Waals surface area (Å²) < 4.78 is 45.9. The molecule has 0 fully saturated rings. The highest BCUT2D eigenvalue weighted by Crippen LogP contribution is 2.16. The van der Waals surface area contributed by atoms with E-state index in [9.17, 15) is 27.6 Å². The van der Waals surface area contributed by atoms with Gasteiger partial charge in [0.1, 0.15) is 11.6 Å². The molecule has 0 saturated carbocycles. The lowest BCUT2D eigenvalue weighted by Crippen LogP contribution is -2.48. The second kappa shape index (κ2) is 7.28. The third-order valence-corrected chi connectivity index (χ3v) is 2.12. The lowest BCUT2D eigenvalue weighted by Gasteiger charge is -2.24. The topological polar surface area (TPSA) is 81.7 Å². The average Bonchev–Trinajstić information content (AvgIpc) is 2.29. The van der Waals surface area contributed by atoms with Crippen molar-refractivity contribution in [2.45, 2.75) is 51.4 Å². The molecule has 0 aliphatic heterocycles. The summed E-state index contributed by atoms with van der Waals surface area (Å²) in [6.45, 7) is 4.57. The van der Waals surface area contributed by atoms with Crippen molar-refractivity contribution in [3.8, 4) is 0 Å². The summed E-state index contributed by atoms with van der Waals surface area (Å²) in [5, 5.41) is 1.51. The van der Waals surface area contributed by atoms with Crippen molar-refractivity contribution in [3.05, 3.63) is 0 Å². The van der Waals surface area contributed by atoms with Crippen molar-refractivity contribution in [2.75, 3.05) is 7.11 Å². The zero-order valence-corrected chi connectivity index (χ0v) is 12.2. The lowest BCUT2D eigenvalue weighted by molar-refractivity contribution is -0.177. The number of alkyl halides is 3. The van der Waals surface area contributed by atoms with Crippen LogP contribution in [0.3, 0.4) is 0 Å². The van der Waals surface area contributed by atoms with Gasteiger partial charge in [0.2, 0.25) is 0 Å². The second-order valence-corrected chi connectivity index (χ2v) is 5.17. The van der Waals surface area contributed by atoms with Crippen molar-refractivity contribution in [1.29, 1.82) is 0 Å². The largest absolute Gasteiger partial charge is 0.471 e. The van der Waals surface area contributed by atoms with Gasteiger partial charge in [-0.2, -0.15) is 13.2 Å². The molecule has 6 nitrogen and oxygen atoms in total. The van der Waals surface area contributed by atoms with Crippen LogP contribution in [0.4, 0.5) is 13.2 Å². The number of carbonyl (C=O) groups excluding carboxylic acids is 3. The molecule has 1 N–H and O–H groups in total. The van der Waals surface area contributed by atoms with E-state index in [1.807, 2.05) is 0 Å².